The number of nitrogens with one attached hydrogen (secondary N) is 1. The molecule has 1 fully saturated rings. The monoisotopic (exact) mass is 228 g/mol. The number of piperidine rings is 1. The van der Waals surface area contributed by atoms with Gasteiger partial charge in [-0.25, -0.2) is 0 Å². The predicted octanol–water partition coefficient (Wildman–Crippen LogP) is 1.47. The van der Waals surface area contributed by atoms with Gasteiger partial charge in [-0.1, -0.05) is 13.8 Å². The largest absolute Gasteiger partial charge is 0.396 e. The van der Waals surface area contributed by atoms with Crippen LogP contribution in [0.5, 0.6) is 0 Å². The summed E-state index contributed by atoms with van der Waals surface area (Å²) in [7, 11) is 0. The summed E-state index contributed by atoms with van der Waals surface area (Å²) in [5.74, 6) is 0.596. The second kappa shape index (κ2) is 8.04. The van der Waals surface area contributed by atoms with Crippen LogP contribution in [0.3, 0.4) is 0 Å². The first-order valence-corrected chi connectivity index (χ1v) is 6.82. The van der Waals surface area contributed by atoms with Crippen LogP contribution < -0.4 is 5.32 Å². The first-order chi connectivity index (χ1) is 7.76. The molecule has 1 rings (SSSR count). The standard InChI is InChI=1S/C13H28N2O/c1-3-7-15-8-4-13(5-9-15)14-11-12(2)6-10-16/h12-14,16H,3-11H2,1-2H3. The number of hydrogen-bond acceptors (Lipinski definition) is 3. The van der Waals surface area contributed by atoms with Gasteiger partial charge < -0.3 is 15.3 Å². The molecule has 1 atom stereocenters. The Balaban J connectivity index is 2.07. The first-order valence-electron chi connectivity index (χ1n) is 6.82. The van der Waals surface area contributed by atoms with Crippen LogP contribution in [0.2, 0.25) is 0 Å². The molecule has 0 amide bonds. The minimum absolute atomic E-state index is 0.317. The molecule has 0 bridgehead atoms. The second-order valence-corrected chi connectivity index (χ2v) is 5.14. The van der Waals surface area contributed by atoms with Gasteiger partial charge >= 0.3 is 0 Å². The lowest BCUT2D eigenvalue weighted by atomic mass is 10.0. The van der Waals surface area contributed by atoms with Crippen molar-refractivity contribution in [3.8, 4) is 0 Å². The molecule has 1 unspecified atom stereocenters. The van der Waals surface area contributed by atoms with Crippen LogP contribution in [-0.2, 0) is 0 Å². The Morgan fingerprint density at radius 1 is 1.38 bits per heavy atom. The van der Waals surface area contributed by atoms with Gasteiger partial charge in [0.25, 0.3) is 0 Å². The van der Waals surface area contributed by atoms with E-state index in [0.29, 0.717) is 18.6 Å². The fraction of sp³-hybridized carbons (Fsp3) is 1.00. The molecule has 0 spiro atoms. The molecule has 0 aromatic heterocycles. The Labute approximate surface area is 100 Å². The predicted molar refractivity (Wildman–Crippen MR) is 68.6 cm³/mol. The Kier molecular flexibility index (Phi) is 7.01. The SMILES string of the molecule is CCCN1CCC(NCC(C)CCO)CC1. The van der Waals surface area contributed by atoms with Crippen LogP contribution in [0.25, 0.3) is 0 Å². The summed E-state index contributed by atoms with van der Waals surface area (Å²) in [6.45, 7) is 9.58. The van der Waals surface area contributed by atoms with Gasteiger partial charge in [-0.2, -0.15) is 0 Å². The van der Waals surface area contributed by atoms with Gasteiger partial charge in [-0.3, -0.25) is 0 Å². The molecule has 1 saturated heterocycles. The average Bonchev–Trinajstić information content (AvgIpc) is 2.29. The van der Waals surface area contributed by atoms with Crippen LogP contribution in [0.4, 0.5) is 0 Å². The van der Waals surface area contributed by atoms with Crippen molar-refractivity contribution in [2.75, 3.05) is 32.8 Å². The summed E-state index contributed by atoms with van der Waals surface area (Å²) in [6.07, 6.45) is 4.75. The molecular formula is C13H28N2O. The number of nitrogens with zero attached hydrogens (tertiary/aromatic N) is 1. The molecule has 3 heteroatoms. The van der Waals surface area contributed by atoms with Crippen molar-refractivity contribution >= 4 is 0 Å². The number of rotatable bonds is 7. The highest BCUT2D eigenvalue weighted by atomic mass is 16.3. The summed E-state index contributed by atoms with van der Waals surface area (Å²) in [5.41, 5.74) is 0. The molecule has 2 N–H and O–H groups in total. The lowest BCUT2D eigenvalue weighted by molar-refractivity contribution is 0.192. The molecule has 0 aliphatic carbocycles. The van der Waals surface area contributed by atoms with Gasteiger partial charge in [-0.15, -0.1) is 0 Å². The Morgan fingerprint density at radius 2 is 2.06 bits per heavy atom. The smallest absolute Gasteiger partial charge is 0.0434 e. The molecule has 96 valence electrons. The van der Waals surface area contributed by atoms with Gasteiger partial charge in [-0.05, 0) is 57.8 Å². The molecule has 0 radical (unpaired) electrons. The molecule has 0 aromatic carbocycles. The molecule has 1 aliphatic rings. The van der Waals surface area contributed by atoms with E-state index in [1.807, 2.05) is 0 Å². The fourth-order valence-corrected chi connectivity index (χ4v) is 2.37. The zero-order valence-corrected chi connectivity index (χ0v) is 10.9. The Morgan fingerprint density at radius 3 is 2.62 bits per heavy atom. The van der Waals surface area contributed by atoms with Crippen molar-refractivity contribution in [3.05, 3.63) is 0 Å². The van der Waals surface area contributed by atoms with Crippen molar-refractivity contribution in [2.45, 2.75) is 45.6 Å². The minimum Gasteiger partial charge on any atom is -0.396 e. The van der Waals surface area contributed by atoms with E-state index in [0.717, 1.165) is 13.0 Å². The average molecular weight is 228 g/mol. The normalized spacial score (nSPS) is 21.2. The number of aliphatic hydroxyl groups is 1. The van der Waals surface area contributed by atoms with E-state index in [1.165, 1.54) is 38.9 Å². The lowest BCUT2D eigenvalue weighted by Gasteiger charge is -2.32. The van der Waals surface area contributed by atoms with Crippen molar-refractivity contribution in [1.82, 2.24) is 10.2 Å². The van der Waals surface area contributed by atoms with E-state index in [2.05, 4.69) is 24.1 Å². The third kappa shape index (κ3) is 5.28. The lowest BCUT2D eigenvalue weighted by Crippen LogP contribution is -2.43. The van der Waals surface area contributed by atoms with E-state index in [-0.39, 0.29) is 0 Å². The first kappa shape index (κ1) is 13.9. The molecule has 16 heavy (non-hydrogen) atoms. The second-order valence-electron chi connectivity index (χ2n) is 5.14. The zero-order valence-electron chi connectivity index (χ0n) is 10.9. The molecular weight excluding hydrogens is 200 g/mol. The maximum absolute atomic E-state index is 8.83. The zero-order chi connectivity index (χ0) is 11.8. The maximum atomic E-state index is 8.83. The van der Waals surface area contributed by atoms with Crippen molar-refractivity contribution in [3.63, 3.8) is 0 Å². The third-order valence-electron chi connectivity index (χ3n) is 3.50. The van der Waals surface area contributed by atoms with Gasteiger partial charge in [0.2, 0.25) is 0 Å². The quantitative estimate of drug-likeness (QED) is 0.692. The summed E-state index contributed by atoms with van der Waals surface area (Å²) < 4.78 is 0. The van der Waals surface area contributed by atoms with Crippen molar-refractivity contribution in [2.24, 2.45) is 5.92 Å². The van der Waals surface area contributed by atoms with Crippen molar-refractivity contribution in [1.29, 1.82) is 0 Å². The van der Waals surface area contributed by atoms with Crippen LogP contribution >= 0.6 is 0 Å². The van der Waals surface area contributed by atoms with Crippen LogP contribution in [0.15, 0.2) is 0 Å². The van der Waals surface area contributed by atoms with E-state index in [1.54, 1.807) is 0 Å². The van der Waals surface area contributed by atoms with E-state index in [4.69, 9.17) is 5.11 Å². The van der Waals surface area contributed by atoms with E-state index < -0.39 is 0 Å². The summed E-state index contributed by atoms with van der Waals surface area (Å²) in [4.78, 5) is 2.56. The fourth-order valence-electron chi connectivity index (χ4n) is 2.37. The Hall–Kier alpha value is -0.120. The molecule has 0 saturated carbocycles. The highest BCUT2D eigenvalue weighted by Crippen LogP contribution is 2.11. The van der Waals surface area contributed by atoms with Crippen LogP contribution in [-0.4, -0.2) is 48.8 Å². The topological polar surface area (TPSA) is 35.5 Å². The van der Waals surface area contributed by atoms with Gasteiger partial charge in [0.05, 0.1) is 0 Å². The van der Waals surface area contributed by atoms with E-state index >= 15 is 0 Å². The maximum Gasteiger partial charge on any atom is 0.0434 e. The van der Waals surface area contributed by atoms with Gasteiger partial charge in [0, 0.05) is 12.6 Å². The molecule has 3 nitrogen and oxygen atoms in total. The highest BCUT2D eigenvalue weighted by Gasteiger charge is 2.18. The third-order valence-corrected chi connectivity index (χ3v) is 3.50. The van der Waals surface area contributed by atoms with Crippen molar-refractivity contribution < 1.29 is 5.11 Å². The Bertz CT molecular complexity index is 167. The molecule has 0 aromatic rings. The summed E-state index contributed by atoms with van der Waals surface area (Å²) in [5, 5.41) is 12.5. The molecule has 1 heterocycles. The number of likely N-dealkylation sites (tertiary alicyclic amines) is 1. The summed E-state index contributed by atoms with van der Waals surface area (Å²) >= 11 is 0. The van der Waals surface area contributed by atoms with E-state index in [9.17, 15) is 0 Å². The van der Waals surface area contributed by atoms with Gasteiger partial charge in [0.1, 0.15) is 0 Å². The number of aliphatic hydroxyl groups excluding tert-OH is 1. The van der Waals surface area contributed by atoms with Gasteiger partial charge in [0.15, 0.2) is 0 Å². The minimum atomic E-state index is 0.317. The molecule has 1 aliphatic heterocycles. The number of hydrogen-bond donors (Lipinski definition) is 2. The van der Waals surface area contributed by atoms with Crippen LogP contribution in [0, 0.1) is 5.92 Å². The van der Waals surface area contributed by atoms with Crippen LogP contribution in [0.1, 0.15) is 39.5 Å². The highest BCUT2D eigenvalue weighted by molar-refractivity contribution is 4.77. The summed E-state index contributed by atoms with van der Waals surface area (Å²) in [6, 6.07) is 0.703.